The second-order valence-electron chi connectivity index (χ2n) is 4.22. The molecule has 1 unspecified atom stereocenters. The molecule has 0 radical (unpaired) electrons. The molecule has 1 aliphatic carbocycles. The normalized spacial score (nSPS) is 19.6. The highest BCUT2D eigenvalue weighted by Crippen LogP contribution is 2.28. The Bertz CT molecular complexity index is 306. The molecule has 0 bridgehead atoms. The van der Waals surface area contributed by atoms with Crippen LogP contribution in [0, 0.1) is 12.8 Å². The van der Waals surface area contributed by atoms with Crippen molar-refractivity contribution >= 4 is 11.8 Å². The summed E-state index contributed by atoms with van der Waals surface area (Å²) in [6.07, 6.45) is 5.30. The average molecular weight is 226 g/mol. The topological polar surface area (TPSA) is 67.6 Å². The molecule has 4 nitrogen and oxygen atoms in total. The lowest BCUT2D eigenvalue weighted by Gasteiger charge is -2.17. The summed E-state index contributed by atoms with van der Waals surface area (Å²) in [5, 5.41) is 7.75. The number of rotatable bonds is 4. The van der Waals surface area contributed by atoms with Gasteiger partial charge < -0.3 is 5.73 Å². The van der Waals surface area contributed by atoms with Gasteiger partial charge >= 0.3 is 0 Å². The van der Waals surface area contributed by atoms with Gasteiger partial charge in [0.15, 0.2) is 0 Å². The zero-order chi connectivity index (χ0) is 10.7. The van der Waals surface area contributed by atoms with Gasteiger partial charge in [0.05, 0.1) is 0 Å². The fourth-order valence-electron chi connectivity index (χ4n) is 2.08. The zero-order valence-corrected chi connectivity index (χ0v) is 9.89. The van der Waals surface area contributed by atoms with E-state index >= 15 is 0 Å². The SMILES string of the molecule is Cc1nc(SCC(N)C2CCCC2)n[nH]1. The van der Waals surface area contributed by atoms with E-state index in [0.717, 1.165) is 22.7 Å². The van der Waals surface area contributed by atoms with E-state index in [1.165, 1.54) is 25.7 Å². The average Bonchev–Trinajstić information content (AvgIpc) is 2.84. The van der Waals surface area contributed by atoms with Crippen LogP contribution in [0.3, 0.4) is 0 Å². The number of aromatic nitrogens is 3. The van der Waals surface area contributed by atoms with Crippen molar-refractivity contribution in [2.45, 2.75) is 43.8 Å². The lowest BCUT2D eigenvalue weighted by Crippen LogP contribution is -2.30. The van der Waals surface area contributed by atoms with Gasteiger partial charge in [-0.15, -0.1) is 5.10 Å². The Hall–Kier alpha value is -0.550. The van der Waals surface area contributed by atoms with Gasteiger partial charge in [-0.05, 0) is 25.7 Å². The summed E-state index contributed by atoms with van der Waals surface area (Å²) in [4.78, 5) is 4.25. The van der Waals surface area contributed by atoms with Gasteiger partial charge in [-0.1, -0.05) is 24.6 Å². The molecule has 15 heavy (non-hydrogen) atoms. The predicted octanol–water partition coefficient (Wildman–Crippen LogP) is 1.72. The number of aryl methyl sites for hydroxylation is 1. The van der Waals surface area contributed by atoms with Gasteiger partial charge in [0.25, 0.3) is 0 Å². The Morgan fingerprint density at radius 1 is 1.53 bits per heavy atom. The molecule has 1 fully saturated rings. The summed E-state index contributed by atoms with van der Waals surface area (Å²) in [5.41, 5.74) is 6.15. The predicted molar refractivity (Wildman–Crippen MR) is 61.8 cm³/mol. The molecule has 0 aliphatic heterocycles. The van der Waals surface area contributed by atoms with Crippen molar-refractivity contribution in [1.29, 1.82) is 0 Å². The summed E-state index contributed by atoms with van der Waals surface area (Å²) >= 11 is 1.66. The number of nitrogens with zero attached hydrogens (tertiary/aromatic N) is 2. The minimum Gasteiger partial charge on any atom is -0.327 e. The van der Waals surface area contributed by atoms with Crippen molar-refractivity contribution < 1.29 is 0 Å². The number of nitrogens with two attached hydrogens (primary N) is 1. The van der Waals surface area contributed by atoms with Crippen LogP contribution in [-0.2, 0) is 0 Å². The fraction of sp³-hybridized carbons (Fsp3) is 0.800. The molecule has 1 aromatic rings. The van der Waals surface area contributed by atoms with Crippen LogP contribution >= 0.6 is 11.8 Å². The van der Waals surface area contributed by atoms with E-state index in [2.05, 4.69) is 15.2 Å². The number of hydrogen-bond acceptors (Lipinski definition) is 4. The Kier molecular flexibility index (Phi) is 3.64. The minimum atomic E-state index is 0.302. The molecule has 0 spiro atoms. The number of H-pyrrole nitrogens is 1. The third kappa shape index (κ3) is 2.95. The smallest absolute Gasteiger partial charge is 0.208 e. The Labute approximate surface area is 94.4 Å². The molecular formula is C10H18N4S. The largest absolute Gasteiger partial charge is 0.327 e. The first-order valence-corrected chi connectivity index (χ1v) is 6.51. The number of nitrogens with one attached hydrogen (secondary N) is 1. The van der Waals surface area contributed by atoms with E-state index in [-0.39, 0.29) is 0 Å². The van der Waals surface area contributed by atoms with E-state index in [1.54, 1.807) is 11.8 Å². The van der Waals surface area contributed by atoms with Crippen LogP contribution in [-0.4, -0.2) is 27.0 Å². The first-order chi connectivity index (χ1) is 7.25. The van der Waals surface area contributed by atoms with Crippen molar-refractivity contribution in [3.8, 4) is 0 Å². The van der Waals surface area contributed by atoms with E-state index in [9.17, 15) is 0 Å². The maximum absolute atomic E-state index is 6.15. The molecule has 2 rings (SSSR count). The first-order valence-electron chi connectivity index (χ1n) is 5.53. The molecule has 0 saturated heterocycles. The van der Waals surface area contributed by atoms with Gasteiger partial charge in [0, 0.05) is 11.8 Å². The summed E-state index contributed by atoms with van der Waals surface area (Å²) in [7, 11) is 0. The highest BCUT2D eigenvalue weighted by Gasteiger charge is 2.22. The molecule has 1 aromatic heterocycles. The highest BCUT2D eigenvalue weighted by molar-refractivity contribution is 7.99. The Morgan fingerprint density at radius 2 is 2.27 bits per heavy atom. The standard InChI is InChI=1S/C10H18N4S/c1-7-12-10(14-13-7)15-6-9(11)8-4-2-3-5-8/h8-9H,2-6,11H2,1H3,(H,12,13,14). The molecule has 3 N–H and O–H groups in total. The lowest BCUT2D eigenvalue weighted by molar-refractivity contribution is 0.463. The molecule has 5 heteroatoms. The summed E-state index contributed by atoms with van der Waals surface area (Å²) in [6.45, 7) is 1.91. The van der Waals surface area contributed by atoms with Crippen LogP contribution in [0.4, 0.5) is 0 Å². The third-order valence-corrected chi connectivity index (χ3v) is 3.98. The molecule has 1 saturated carbocycles. The highest BCUT2D eigenvalue weighted by atomic mass is 32.2. The maximum atomic E-state index is 6.15. The van der Waals surface area contributed by atoms with Crippen molar-refractivity contribution in [2.24, 2.45) is 11.7 Å². The Balaban J connectivity index is 1.77. The number of aromatic amines is 1. The first kappa shape index (κ1) is 11.0. The van der Waals surface area contributed by atoms with E-state index in [0.29, 0.717) is 6.04 Å². The lowest BCUT2D eigenvalue weighted by atomic mass is 10.0. The monoisotopic (exact) mass is 226 g/mol. The van der Waals surface area contributed by atoms with Gasteiger partial charge in [-0.2, -0.15) is 0 Å². The van der Waals surface area contributed by atoms with Crippen molar-refractivity contribution in [1.82, 2.24) is 15.2 Å². The molecule has 84 valence electrons. The molecule has 0 amide bonds. The molecule has 1 aliphatic rings. The minimum absolute atomic E-state index is 0.302. The van der Waals surface area contributed by atoms with Crippen LogP contribution < -0.4 is 5.73 Å². The van der Waals surface area contributed by atoms with Crippen molar-refractivity contribution in [3.05, 3.63) is 5.82 Å². The van der Waals surface area contributed by atoms with E-state index < -0.39 is 0 Å². The van der Waals surface area contributed by atoms with E-state index in [1.807, 2.05) is 6.92 Å². The quantitative estimate of drug-likeness (QED) is 0.767. The zero-order valence-electron chi connectivity index (χ0n) is 9.07. The molecular weight excluding hydrogens is 208 g/mol. The molecule has 0 aromatic carbocycles. The summed E-state index contributed by atoms with van der Waals surface area (Å²) in [6, 6.07) is 0.302. The van der Waals surface area contributed by atoms with E-state index in [4.69, 9.17) is 5.73 Å². The fourth-order valence-corrected chi connectivity index (χ4v) is 3.00. The third-order valence-electron chi connectivity index (χ3n) is 2.99. The van der Waals surface area contributed by atoms with Crippen LogP contribution in [0.15, 0.2) is 5.16 Å². The van der Waals surface area contributed by atoms with Crippen LogP contribution in [0.2, 0.25) is 0 Å². The number of thioether (sulfide) groups is 1. The van der Waals surface area contributed by atoms with Gasteiger partial charge in [0.2, 0.25) is 5.16 Å². The maximum Gasteiger partial charge on any atom is 0.208 e. The van der Waals surface area contributed by atoms with Gasteiger partial charge in [0.1, 0.15) is 5.82 Å². The molecule has 1 atom stereocenters. The summed E-state index contributed by atoms with van der Waals surface area (Å²) in [5.74, 6) is 2.52. The second kappa shape index (κ2) is 4.99. The van der Waals surface area contributed by atoms with Crippen molar-refractivity contribution in [2.75, 3.05) is 5.75 Å². The Morgan fingerprint density at radius 3 is 2.87 bits per heavy atom. The molecule has 1 heterocycles. The van der Waals surface area contributed by atoms with Crippen LogP contribution in [0.5, 0.6) is 0 Å². The number of hydrogen-bond donors (Lipinski definition) is 2. The van der Waals surface area contributed by atoms with Crippen LogP contribution in [0.25, 0.3) is 0 Å². The van der Waals surface area contributed by atoms with Crippen molar-refractivity contribution in [3.63, 3.8) is 0 Å². The van der Waals surface area contributed by atoms with Gasteiger partial charge in [-0.25, -0.2) is 4.98 Å². The van der Waals surface area contributed by atoms with Gasteiger partial charge in [-0.3, -0.25) is 5.10 Å². The summed E-state index contributed by atoms with van der Waals surface area (Å²) < 4.78 is 0. The van der Waals surface area contributed by atoms with Crippen LogP contribution in [0.1, 0.15) is 31.5 Å². The second-order valence-corrected chi connectivity index (χ2v) is 5.21.